The van der Waals surface area contributed by atoms with E-state index in [0.29, 0.717) is 11.3 Å². The maximum absolute atomic E-state index is 12.7. The largest absolute Gasteiger partial charge is 0.416 e. The summed E-state index contributed by atoms with van der Waals surface area (Å²) < 4.78 is 38.0. The number of aromatic nitrogens is 1. The van der Waals surface area contributed by atoms with Crippen molar-refractivity contribution in [3.63, 3.8) is 0 Å². The maximum Gasteiger partial charge on any atom is 0.416 e. The van der Waals surface area contributed by atoms with Gasteiger partial charge in [-0.15, -0.1) is 0 Å². The van der Waals surface area contributed by atoms with Crippen molar-refractivity contribution < 1.29 is 13.2 Å². The van der Waals surface area contributed by atoms with Gasteiger partial charge in [0.1, 0.15) is 5.82 Å². The standard InChI is InChI=1S/C14H10F3N3/c1-20(12-4-2-10(9-18)3-5-12)13-8-11(6-7-19-13)14(15,16)17/h2-8H,1H3. The lowest BCUT2D eigenvalue weighted by Gasteiger charge is -2.19. The highest BCUT2D eigenvalue weighted by Crippen LogP contribution is 2.31. The third-order valence-corrected chi connectivity index (χ3v) is 2.80. The molecule has 0 spiro atoms. The minimum atomic E-state index is -4.40. The summed E-state index contributed by atoms with van der Waals surface area (Å²) in [6.45, 7) is 0. The molecule has 0 unspecified atom stereocenters. The van der Waals surface area contributed by atoms with Gasteiger partial charge in [0.05, 0.1) is 17.2 Å². The Bertz CT molecular complexity index is 642. The third-order valence-electron chi connectivity index (χ3n) is 2.80. The molecule has 1 aromatic heterocycles. The fourth-order valence-corrected chi connectivity index (χ4v) is 1.67. The lowest BCUT2D eigenvalue weighted by Crippen LogP contribution is -2.13. The predicted molar refractivity (Wildman–Crippen MR) is 68.5 cm³/mol. The zero-order valence-corrected chi connectivity index (χ0v) is 10.5. The molecule has 102 valence electrons. The van der Waals surface area contributed by atoms with Crippen molar-refractivity contribution in [2.45, 2.75) is 6.18 Å². The molecule has 0 atom stereocenters. The number of rotatable bonds is 2. The van der Waals surface area contributed by atoms with E-state index < -0.39 is 11.7 Å². The van der Waals surface area contributed by atoms with Crippen LogP contribution in [-0.2, 0) is 6.18 Å². The summed E-state index contributed by atoms with van der Waals surface area (Å²) in [5.41, 5.74) is 0.387. The normalized spacial score (nSPS) is 10.9. The maximum atomic E-state index is 12.7. The first-order valence-electron chi connectivity index (χ1n) is 5.69. The Balaban J connectivity index is 2.33. The second kappa shape index (κ2) is 5.21. The van der Waals surface area contributed by atoms with Gasteiger partial charge in [0.15, 0.2) is 0 Å². The molecule has 0 aliphatic carbocycles. The Morgan fingerprint density at radius 1 is 1.15 bits per heavy atom. The van der Waals surface area contributed by atoms with Crippen LogP contribution in [0.5, 0.6) is 0 Å². The minimum absolute atomic E-state index is 0.185. The molecule has 0 saturated heterocycles. The van der Waals surface area contributed by atoms with Crippen LogP contribution in [-0.4, -0.2) is 12.0 Å². The summed E-state index contributed by atoms with van der Waals surface area (Å²) in [5.74, 6) is 0.185. The van der Waals surface area contributed by atoms with E-state index in [1.807, 2.05) is 6.07 Å². The van der Waals surface area contributed by atoms with Crippen molar-refractivity contribution in [2.75, 3.05) is 11.9 Å². The van der Waals surface area contributed by atoms with E-state index in [-0.39, 0.29) is 5.82 Å². The highest BCUT2D eigenvalue weighted by molar-refractivity contribution is 5.60. The quantitative estimate of drug-likeness (QED) is 0.839. The summed E-state index contributed by atoms with van der Waals surface area (Å²) >= 11 is 0. The molecule has 6 heteroatoms. The molecule has 1 aromatic carbocycles. The van der Waals surface area contributed by atoms with Gasteiger partial charge in [0.2, 0.25) is 0 Å². The van der Waals surface area contributed by atoms with E-state index in [4.69, 9.17) is 5.26 Å². The number of anilines is 2. The van der Waals surface area contributed by atoms with Crippen molar-refractivity contribution in [3.8, 4) is 6.07 Å². The van der Waals surface area contributed by atoms with E-state index in [0.717, 1.165) is 18.3 Å². The highest BCUT2D eigenvalue weighted by Gasteiger charge is 2.31. The van der Waals surface area contributed by atoms with Crippen LogP contribution in [0.2, 0.25) is 0 Å². The summed E-state index contributed by atoms with van der Waals surface area (Å²) in [6.07, 6.45) is -3.28. The number of halogens is 3. The summed E-state index contributed by atoms with van der Waals surface area (Å²) in [7, 11) is 1.61. The number of nitrogens with zero attached hydrogens (tertiary/aromatic N) is 3. The van der Waals surface area contributed by atoms with Crippen LogP contribution in [0.4, 0.5) is 24.7 Å². The monoisotopic (exact) mass is 277 g/mol. The van der Waals surface area contributed by atoms with Crippen LogP contribution < -0.4 is 4.90 Å². The molecule has 2 aromatic rings. The molecule has 2 rings (SSSR count). The summed E-state index contributed by atoms with van der Waals surface area (Å²) in [5, 5.41) is 8.71. The molecule has 0 radical (unpaired) electrons. The summed E-state index contributed by atoms with van der Waals surface area (Å²) in [6, 6.07) is 10.4. The van der Waals surface area contributed by atoms with Crippen molar-refractivity contribution >= 4 is 11.5 Å². The molecule has 0 bridgehead atoms. The first-order chi connectivity index (χ1) is 9.41. The van der Waals surface area contributed by atoms with Gasteiger partial charge in [0.25, 0.3) is 0 Å². The number of hydrogen-bond acceptors (Lipinski definition) is 3. The molecular weight excluding hydrogens is 267 g/mol. The zero-order chi connectivity index (χ0) is 14.8. The van der Waals surface area contributed by atoms with Crippen molar-refractivity contribution in [2.24, 2.45) is 0 Å². The average Bonchev–Trinajstić information content (AvgIpc) is 2.46. The SMILES string of the molecule is CN(c1ccc(C#N)cc1)c1cc(C(F)(F)F)ccn1. The zero-order valence-electron chi connectivity index (χ0n) is 10.5. The van der Waals surface area contributed by atoms with Crippen LogP contribution >= 0.6 is 0 Å². The number of nitriles is 1. The Morgan fingerprint density at radius 3 is 2.35 bits per heavy atom. The Morgan fingerprint density at radius 2 is 1.80 bits per heavy atom. The molecule has 3 nitrogen and oxygen atoms in total. The van der Waals surface area contributed by atoms with Gasteiger partial charge >= 0.3 is 6.18 Å². The van der Waals surface area contributed by atoms with Gasteiger partial charge in [-0.3, -0.25) is 0 Å². The van der Waals surface area contributed by atoms with Crippen LogP contribution in [0.3, 0.4) is 0 Å². The number of alkyl halides is 3. The molecule has 0 fully saturated rings. The van der Waals surface area contributed by atoms with Crippen LogP contribution in [0, 0.1) is 11.3 Å². The Hall–Kier alpha value is -2.55. The minimum Gasteiger partial charge on any atom is -0.329 e. The predicted octanol–water partition coefficient (Wildman–Crippen LogP) is 3.74. The first kappa shape index (κ1) is 13.9. The first-order valence-corrected chi connectivity index (χ1v) is 5.69. The number of hydrogen-bond donors (Lipinski definition) is 0. The average molecular weight is 277 g/mol. The fourth-order valence-electron chi connectivity index (χ4n) is 1.67. The second-order valence-corrected chi connectivity index (χ2v) is 4.12. The molecule has 20 heavy (non-hydrogen) atoms. The van der Waals surface area contributed by atoms with E-state index >= 15 is 0 Å². The topological polar surface area (TPSA) is 39.9 Å². The van der Waals surface area contributed by atoms with Crippen LogP contribution in [0.1, 0.15) is 11.1 Å². The van der Waals surface area contributed by atoms with E-state index in [9.17, 15) is 13.2 Å². The van der Waals surface area contributed by atoms with E-state index in [1.165, 1.54) is 4.90 Å². The van der Waals surface area contributed by atoms with Gasteiger partial charge in [-0.2, -0.15) is 18.4 Å². The van der Waals surface area contributed by atoms with E-state index in [1.54, 1.807) is 31.3 Å². The van der Waals surface area contributed by atoms with E-state index in [2.05, 4.69) is 4.98 Å². The smallest absolute Gasteiger partial charge is 0.329 e. The molecular formula is C14H10F3N3. The number of benzene rings is 1. The molecule has 0 N–H and O–H groups in total. The van der Waals surface area contributed by atoms with Gasteiger partial charge in [-0.05, 0) is 36.4 Å². The van der Waals surface area contributed by atoms with Gasteiger partial charge in [0, 0.05) is 18.9 Å². The fraction of sp³-hybridized carbons (Fsp3) is 0.143. The van der Waals surface area contributed by atoms with Gasteiger partial charge in [-0.1, -0.05) is 0 Å². The lowest BCUT2D eigenvalue weighted by atomic mass is 10.2. The molecule has 0 amide bonds. The molecule has 1 heterocycles. The Kier molecular flexibility index (Phi) is 3.61. The third kappa shape index (κ3) is 2.88. The van der Waals surface area contributed by atoms with Gasteiger partial charge < -0.3 is 4.90 Å². The Labute approximate surface area is 113 Å². The van der Waals surface area contributed by atoms with Crippen molar-refractivity contribution in [1.82, 2.24) is 4.98 Å². The highest BCUT2D eigenvalue weighted by atomic mass is 19.4. The van der Waals surface area contributed by atoms with Crippen molar-refractivity contribution in [3.05, 3.63) is 53.7 Å². The molecule has 0 saturated carbocycles. The van der Waals surface area contributed by atoms with Crippen molar-refractivity contribution in [1.29, 1.82) is 5.26 Å². The summed E-state index contributed by atoms with van der Waals surface area (Å²) in [4.78, 5) is 5.46. The second-order valence-electron chi connectivity index (χ2n) is 4.12. The van der Waals surface area contributed by atoms with Gasteiger partial charge in [-0.25, -0.2) is 4.98 Å². The van der Waals surface area contributed by atoms with Crippen LogP contribution in [0.15, 0.2) is 42.6 Å². The molecule has 0 aliphatic rings. The van der Waals surface area contributed by atoms with Crippen LogP contribution in [0.25, 0.3) is 0 Å². The lowest BCUT2D eigenvalue weighted by molar-refractivity contribution is -0.137. The number of pyridine rings is 1. The molecule has 0 aliphatic heterocycles.